The van der Waals surface area contributed by atoms with E-state index in [9.17, 15) is 21.6 Å². The summed E-state index contributed by atoms with van der Waals surface area (Å²) in [5, 5.41) is 3.95. The first-order valence-corrected chi connectivity index (χ1v) is 12.6. The van der Waals surface area contributed by atoms with Gasteiger partial charge in [0.2, 0.25) is 0 Å². The van der Waals surface area contributed by atoms with E-state index in [0.29, 0.717) is 17.5 Å². The van der Waals surface area contributed by atoms with E-state index in [4.69, 9.17) is 0 Å². The fourth-order valence-corrected chi connectivity index (χ4v) is 8.17. The number of sulfone groups is 1. The van der Waals surface area contributed by atoms with Gasteiger partial charge in [-0.1, -0.05) is 0 Å². The second kappa shape index (κ2) is 6.70. The van der Waals surface area contributed by atoms with Crippen molar-refractivity contribution in [2.45, 2.75) is 75.5 Å². The third kappa shape index (κ3) is 3.62. The zero-order valence-corrected chi connectivity index (χ0v) is 17.3. The molecule has 1 aromatic heterocycles. The van der Waals surface area contributed by atoms with Crippen LogP contribution in [-0.4, -0.2) is 53.7 Å². The second-order valence-electron chi connectivity index (χ2n) is 9.74. The summed E-state index contributed by atoms with van der Waals surface area (Å²) in [6.07, 6.45) is 3.13. The first kappa shape index (κ1) is 19.8. The van der Waals surface area contributed by atoms with E-state index in [1.54, 1.807) is 4.68 Å². The lowest BCUT2D eigenvalue weighted by Gasteiger charge is -2.40. The lowest BCUT2D eigenvalue weighted by atomic mass is 9.82. The molecule has 0 radical (unpaired) electrons. The molecule has 0 aromatic carbocycles. The molecule has 5 nitrogen and oxygen atoms in total. The van der Waals surface area contributed by atoms with Crippen molar-refractivity contribution >= 4 is 9.84 Å². The normalized spacial score (nSPS) is 32.2. The predicted molar refractivity (Wildman–Crippen MR) is 102 cm³/mol. The van der Waals surface area contributed by atoms with Gasteiger partial charge in [0, 0.05) is 29.6 Å². The SMILES string of the molecule is O=S1(=O)CC2(CCN(C3CCC(c4cc(C(F)(F)F)nn4C4CCC4)CC3)C2)C1. The smallest absolute Gasteiger partial charge is 0.300 e. The third-order valence-electron chi connectivity index (χ3n) is 7.63. The van der Waals surface area contributed by atoms with Gasteiger partial charge in [0.05, 0.1) is 17.5 Å². The summed E-state index contributed by atoms with van der Waals surface area (Å²) in [5.74, 6) is 0.787. The Bertz CT molecular complexity index is 871. The molecule has 29 heavy (non-hydrogen) atoms. The second-order valence-corrected chi connectivity index (χ2v) is 11.8. The Morgan fingerprint density at radius 3 is 2.28 bits per heavy atom. The molecule has 0 amide bonds. The molecular weight excluding hydrogens is 403 g/mol. The summed E-state index contributed by atoms with van der Waals surface area (Å²) in [6.45, 7) is 1.81. The van der Waals surface area contributed by atoms with Crippen LogP contribution in [0.4, 0.5) is 13.2 Å². The maximum atomic E-state index is 13.2. The van der Waals surface area contributed by atoms with Gasteiger partial charge in [-0.3, -0.25) is 9.58 Å². The molecule has 4 aliphatic rings. The molecule has 0 bridgehead atoms. The number of hydrogen-bond donors (Lipinski definition) is 0. The summed E-state index contributed by atoms with van der Waals surface area (Å²) in [5.41, 5.74) is -0.0159. The number of alkyl halides is 3. The first-order chi connectivity index (χ1) is 13.6. The molecule has 1 aromatic rings. The van der Waals surface area contributed by atoms with Crippen LogP contribution in [0.2, 0.25) is 0 Å². The number of aromatic nitrogens is 2. The molecule has 162 valence electrons. The molecule has 2 aliphatic heterocycles. The molecule has 0 atom stereocenters. The van der Waals surface area contributed by atoms with Gasteiger partial charge in [-0.15, -0.1) is 0 Å². The zero-order valence-electron chi connectivity index (χ0n) is 16.5. The van der Waals surface area contributed by atoms with Crippen molar-refractivity contribution in [1.82, 2.24) is 14.7 Å². The monoisotopic (exact) mass is 431 g/mol. The van der Waals surface area contributed by atoms with Crippen molar-refractivity contribution in [3.8, 4) is 0 Å². The Kier molecular flexibility index (Phi) is 4.59. The highest BCUT2D eigenvalue weighted by atomic mass is 32.2. The molecule has 3 heterocycles. The van der Waals surface area contributed by atoms with Crippen molar-refractivity contribution in [1.29, 1.82) is 0 Å². The van der Waals surface area contributed by atoms with Crippen LogP contribution in [0.15, 0.2) is 6.07 Å². The van der Waals surface area contributed by atoms with E-state index >= 15 is 0 Å². The van der Waals surface area contributed by atoms with Crippen LogP contribution in [0.25, 0.3) is 0 Å². The maximum absolute atomic E-state index is 13.2. The maximum Gasteiger partial charge on any atom is 0.435 e. The van der Waals surface area contributed by atoms with Crippen molar-refractivity contribution in [3.05, 3.63) is 17.5 Å². The van der Waals surface area contributed by atoms with Crippen molar-refractivity contribution in [3.63, 3.8) is 0 Å². The van der Waals surface area contributed by atoms with Crippen LogP contribution in [0.5, 0.6) is 0 Å². The molecule has 4 fully saturated rings. The third-order valence-corrected chi connectivity index (χ3v) is 9.73. The van der Waals surface area contributed by atoms with Gasteiger partial charge in [0.25, 0.3) is 0 Å². The molecule has 1 spiro atoms. The molecule has 5 rings (SSSR count). The van der Waals surface area contributed by atoms with Gasteiger partial charge in [0.1, 0.15) is 0 Å². The van der Waals surface area contributed by atoms with E-state index in [-0.39, 0.29) is 17.4 Å². The standard InChI is InChI=1S/C20H28F3N3O2S/c21-20(22,23)18-10-17(26(24-18)16-2-1-3-16)14-4-6-15(7-5-14)25-9-8-19(11-25)12-29(27,28)13-19/h10,14-16H,1-9,11-13H2. The summed E-state index contributed by atoms with van der Waals surface area (Å²) in [4.78, 5) is 2.44. The quantitative estimate of drug-likeness (QED) is 0.731. The molecule has 0 N–H and O–H groups in total. The van der Waals surface area contributed by atoms with Gasteiger partial charge >= 0.3 is 6.18 Å². The largest absolute Gasteiger partial charge is 0.435 e. The Morgan fingerprint density at radius 1 is 1.03 bits per heavy atom. The van der Waals surface area contributed by atoms with Crippen molar-refractivity contribution in [2.75, 3.05) is 24.6 Å². The highest BCUT2D eigenvalue weighted by molar-refractivity contribution is 7.92. The minimum absolute atomic E-state index is 0.0276. The molecule has 0 unspecified atom stereocenters. The molecule has 2 aliphatic carbocycles. The number of rotatable bonds is 3. The predicted octanol–water partition coefficient (Wildman–Crippen LogP) is 3.77. The summed E-state index contributed by atoms with van der Waals surface area (Å²) in [6, 6.07) is 1.84. The van der Waals surface area contributed by atoms with E-state index in [1.807, 2.05) is 0 Å². The lowest BCUT2D eigenvalue weighted by Crippen LogP contribution is -2.51. The van der Waals surface area contributed by atoms with Gasteiger partial charge in [0.15, 0.2) is 15.5 Å². The van der Waals surface area contributed by atoms with Gasteiger partial charge in [-0.05, 0) is 64.0 Å². The zero-order chi connectivity index (χ0) is 20.4. The fraction of sp³-hybridized carbons (Fsp3) is 0.850. The van der Waals surface area contributed by atoms with E-state index < -0.39 is 21.7 Å². The Balaban J connectivity index is 1.25. The van der Waals surface area contributed by atoms with Gasteiger partial charge < -0.3 is 0 Å². The average molecular weight is 432 g/mol. The Labute approximate surface area is 169 Å². The number of likely N-dealkylation sites (tertiary alicyclic amines) is 1. The number of hydrogen-bond acceptors (Lipinski definition) is 4. The first-order valence-electron chi connectivity index (χ1n) is 10.8. The highest BCUT2D eigenvalue weighted by Gasteiger charge is 2.53. The van der Waals surface area contributed by atoms with E-state index in [0.717, 1.165) is 70.2 Å². The summed E-state index contributed by atoms with van der Waals surface area (Å²) < 4.78 is 64.6. The van der Waals surface area contributed by atoms with Crippen LogP contribution >= 0.6 is 0 Å². The summed E-state index contributed by atoms with van der Waals surface area (Å²) in [7, 11) is -2.82. The number of nitrogens with zero attached hydrogens (tertiary/aromatic N) is 3. The Morgan fingerprint density at radius 2 is 1.72 bits per heavy atom. The van der Waals surface area contributed by atoms with Crippen LogP contribution in [0.1, 0.15) is 74.7 Å². The van der Waals surface area contributed by atoms with Crippen LogP contribution < -0.4 is 0 Å². The van der Waals surface area contributed by atoms with E-state index in [2.05, 4.69) is 10.00 Å². The molecular formula is C20H28F3N3O2S. The molecule has 9 heteroatoms. The van der Waals surface area contributed by atoms with Crippen LogP contribution in [0, 0.1) is 5.41 Å². The minimum Gasteiger partial charge on any atom is -0.300 e. The summed E-state index contributed by atoms with van der Waals surface area (Å²) >= 11 is 0. The lowest BCUT2D eigenvalue weighted by molar-refractivity contribution is -0.141. The minimum atomic E-state index is -4.39. The Hall–Kier alpha value is -1.09. The van der Waals surface area contributed by atoms with Gasteiger partial charge in [-0.25, -0.2) is 8.42 Å². The molecule has 2 saturated carbocycles. The molecule has 2 saturated heterocycles. The van der Waals surface area contributed by atoms with Crippen LogP contribution in [0.3, 0.4) is 0 Å². The van der Waals surface area contributed by atoms with Crippen molar-refractivity contribution in [2.24, 2.45) is 5.41 Å². The highest BCUT2D eigenvalue weighted by Crippen LogP contribution is 2.45. The van der Waals surface area contributed by atoms with Crippen LogP contribution in [-0.2, 0) is 16.0 Å². The fourth-order valence-electron chi connectivity index (χ4n) is 5.92. The topological polar surface area (TPSA) is 55.2 Å². The number of halogens is 3. The van der Waals surface area contributed by atoms with Gasteiger partial charge in [-0.2, -0.15) is 18.3 Å². The van der Waals surface area contributed by atoms with Crippen molar-refractivity contribution < 1.29 is 21.6 Å². The van der Waals surface area contributed by atoms with E-state index in [1.165, 1.54) is 6.07 Å². The average Bonchev–Trinajstić information content (AvgIpc) is 3.17.